The molecule has 0 bridgehead atoms. The summed E-state index contributed by atoms with van der Waals surface area (Å²) in [6.45, 7) is 0. The van der Waals surface area contributed by atoms with E-state index in [1.165, 1.54) is 38.6 Å². The molecule has 1 aliphatic carbocycles. The first-order valence-electron chi connectivity index (χ1n) is 19.4. The molecule has 0 saturated carbocycles. The maximum Gasteiger partial charge on any atom is 0.165 e. The van der Waals surface area contributed by atoms with Crippen LogP contribution in [-0.2, 0) is 5.41 Å². The van der Waals surface area contributed by atoms with E-state index in [2.05, 4.69) is 194 Å². The molecular weight excluding hydrogens is 691 g/mol. The minimum absolute atomic E-state index is 0.540. The summed E-state index contributed by atoms with van der Waals surface area (Å²) in [5, 5.41) is 4.62. The summed E-state index contributed by atoms with van der Waals surface area (Å²) in [5.41, 5.74) is 11.8. The summed E-state index contributed by atoms with van der Waals surface area (Å²) < 4.78 is 0. The molecule has 266 valence electrons. The summed E-state index contributed by atoms with van der Waals surface area (Å²) in [6, 6.07) is 75.8. The minimum atomic E-state index is -0.540. The van der Waals surface area contributed by atoms with E-state index in [9.17, 15) is 0 Å². The smallest absolute Gasteiger partial charge is 0.165 e. The molecule has 9 aromatic carbocycles. The first-order chi connectivity index (χ1) is 28.3. The molecule has 0 aliphatic heterocycles. The number of hydrogen-bond donors (Lipinski definition) is 0. The van der Waals surface area contributed by atoms with Crippen molar-refractivity contribution in [2.45, 2.75) is 5.41 Å². The number of benzene rings is 9. The average molecular weight is 726 g/mol. The van der Waals surface area contributed by atoms with Crippen LogP contribution >= 0.6 is 0 Å². The number of nitrogens with zero attached hydrogens (tertiary/aromatic N) is 3. The number of aromatic nitrogens is 3. The van der Waals surface area contributed by atoms with Crippen LogP contribution in [0.2, 0.25) is 0 Å². The fourth-order valence-electron chi connectivity index (χ4n) is 9.11. The van der Waals surface area contributed by atoms with Crippen molar-refractivity contribution in [2.75, 3.05) is 0 Å². The highest BCUT2D eigenvalue weighted by atomic mass is 15.0. The second-order valence-corrected chi connectivity index (χ2v) is 14.7. The van der Waals surface area contributed by atoms with Gasteiger partial charge in [0.05, 0.1) is 5.41 Å². The van der Waals surface area contributed by atoms with Crippen molar-refractivity contribution in [3.63, 3.8) is 0 Å². The van der Waals surface area contributed by atoms with Crippen molar-refractivity contribution in [3.8, 4) is 56.4 Å². The van der Waals surface area contributed by atoms with E-state index >= 15 is 0 Å². The molecule has 0 atom stereocenters. The SMILES string of the molecule is c1ccc(-c2nc(-c3cccc4c3-c3ccccc3C4(c3ccccc3)c3ccccc3)nc(-c3c(-c4ccc5ccccc5c4)ccc4ccccc34)n2)cc1. The van der Waals surface area contributed by atoms with Gasteiger partial charge in [0, 0.05) is 16.7 Å². The summed E-state index contributed by atoms with van der Waals surface area (Å²) in [4.78, 5) is 16.2. The van der Waals surface area contributed by atoms with Gasteiger partial charge >= 0.3 is 0 Å². The van der Waals surface area contributed by atoms with Gasteiger partial charge in [-0.25, -0.2) is 15.0 Å². The zero-order chi connectivity index (χ0) is 37.8. The average Bonchev–Trinajstić information content (AvgIpc) is 3.60. The second kappa shape index (κ2) is 13.4. The van der Waals surface area contributed by atoms with Crippen LogP contribution in [0.5, 0.6) is 0 Å². The van der Waals surface area contributed by atoms with Crippen molar-refractivity contribution in [1.82, 2.24) is 15.0 Å². The van der Waals surface area contributed by atoms with Crippen molar-refractivity contribution in [1.29, 1.82) is 0 Å². The fraction of sp³-hybridized carbons (Fsp3) is 0.0185. The van der Waals surface area contributed by atoms with Gasteiger partial charge in [-0.1, -0.05) is 206 Å². The summed E-state index contributed by atoms with van der Waals surface area (Å²) in [6.07, 6.45) is 0. The minimum Gasteiger partial charge on any atom is -0.208 e. The lowest BCUT2D eigenvalue weighted by Gasteiger charge is -2.33. The third-order valence-corrected chi connectivity index (χ3v) is 11.6. The molecule has 11 rings (SSSR count). The van der Waals surface area contributed by atoms with Gasteiger partial charge in [-0.15, -0.1) is 0 Å². The molecule has 1 aliphatic rings. The van der Waals surface area contributed by atoms with Crippen molar-refractivity contribution < 1.29 is 0 Å². The van der Waals surface area contributed by atoms with Gasteiger partial charge in [0.2, 0.25) is 0 Å². The Bertz CT molecular complexity index is 3080. The molecule has 0 spiro atoms. The number of rotatable bonds is 6. The Balaban J connectivity index is 1.22. The van der Waals surface area contributed by atoms with Gasteiger partial charge in [-0.2, -0.15) is 0 Å². The zero-order valence-electron chi connectivity index (χ0n) is 31.0. The van der Waals surface area contributed by atoms with E-state index in [4.69, 9.17) is 15.0 Å². The van der Waals surface area contributed by atoms with E-state index < -0.39 is 5.41 Å². The molecule has 0 fully saturated rings. The van der Waals surface area contributed by atoms with E-state index in [1.54, 1.807) is 0 Å². The van der Waals surface area contributed by atoms with Crippen LogP contribution < -0.4 is 0 Å². The van der Waals surface area contributed by atoms with E-state index in [-0.39, 0.29) is 0 Å². The Morgan fingerprint density at radius 1 is 0.298 bits per heavy atom. The second-order valence-electron chi connectivity index (χ2n) is 14.7. The molecule has 0 amide bonds. The zero-order valence-corrected chi connectivity index (χ0v) is 31.0. The van der Waals surface area contributed by atoms with E-state index in [0.29, 0.717) is 17.5 Å². The lowest BCUT2D eigenvalue weighted by Crippen LogP contribution is -2.28. The summed E-state index contributed by atoms with van der Waals surface area (Å²) in [7, 11) is 0. The molecule has 10 aromatic rings. The highest BCUT2D eigenvalue weighted by Gasteiger charge is 2.47. The summed E-state index contributed by atoms with van der Waals surface area (Å²) in [5.74, 6) is 1.91. The van der Waals surface area contributed by atoms with E-state index in [1.807, 2.05) is 18.2 Å². The van der Waals surface area contributed by atoms with Crippen molar-refractivity contribution in [3.05, 3.63) is 235 Å². The summed E-state index contributed by atoms with van der Waals surface area (Å²) >= 11 is 0. The molecule has 0 N–H and O–H groups in total. The monoisotopic (exact) mass is 725 g/mol. The third kappa shape index (κ3) is 5.24. The van der Waals surface area contributed by atoms with Crippen molar-refractivity contribution in [2.24, 2.45) is 0 Å². The molecule has 3 heteroatoms. The molecule has 57 heavy (non-hydrogen) atoms. The molecule has 1 heterocycles. The van der Waals surface area contributed by atoms with Crippen LogP contribution in [0.4, 0.5) is 0 Å². The largest absolute Gasteiger partial charge is 0.208 e. The predicted octanol–water partition coefficient (Wildman–Crippen LogP) is 13.2. The topological polar surface area (TPSA) is 38.7 Å². The van der Waals surface area contributed by atoms with Crippen LogP contribution in [-0.4, -0.2) is 15.0 Å². The number of fused-ring (bicyclic) bond motifs is 5. The predicted molar refractivity (Wildman–Crippen MR) is 234 cm³/mol. The van der Waals surface area contributed by atoms with Gasteiger partial charge in [0.1, 0.15) is 0 Å². The third-order valence-electron chi connectivity index (χ3n) is 11.6. The first-order valence-corrected chi connectivity index (χ1v) is 19.4. The van der Waals surface area contributed by atoms with Gasteiger partial charge in [-0.05, 0) is 72.1 Å². The molecule has 1 aromatic heterocycles. The highest BCUT2D eigenvalue weighted by Crippen LogP contribution is 2.58. The Morgan fingerprint density at radius 2 is 0.860 bits per heavy atom. The van der Waals surface area contributed by atoms with Crippen LogP contribution in [0.1, 0.15) is 22.3 Å². The quantitative estimate of drug-likeness (QED) is 0.171. The molecule has 0 radical (unpaired) electrons. The molecule has 0 unspecified atom stereocenters. The van der Waals surface area contributed by atoms with Crippen LogP contribution in [0.3, 0.4) is 0 Å². The normalized spacial score (nSPS) is 12.7. The Hall–Kier alpha value is -7.49. The Kier molecular flexibility index (Phi) is 7.71. The standard InChI is InChI=1S/C54H35N3/c1-4-19-38(20-5-1)51-55-52(57-53(56-51)50-43-26-13-12-18-37(43)33-34-44(50)40-32-31-36-17-10-11-21-39(36)35-40)46-28-16-30-48-49(46)45-27-14-15-29-47(45)54(48,41-22-6-2-7-23-41)42-24-8-3-9-25-42/h1-35H. The maximum atomic E-state index is 5.52. The van der Waals surface area contributed by atoms with Gasteiger partial charge in [-0.3, -0.25) is 0 Å². The lowest BCUT2D eigenvalue weighted by atomic mass is 9.67. The Labute approximate surface area is 331 Å². The van der Waals surface area contributed by atoms with E-state index in [0.717, 1.165) is 44.2 Å². The number of hydrogen-bond acceptors (Lipinski definition) is 3. The van der Waals surface area contributed by atoms with Crippen molar-refractivity contribution >= 4 is 21.5 Å². The highest BCUT2D eigenvalue weighted by molar-refractivity contribution is 6.04. The molecular formula is C54H35N3. The van der Waals surface area contributed by atoms with Gasteiger partial charge < -0.3 is 0 Å². The lowest BCUT2D eigenvalue weighted by molar-refractivity contribution is 0.768. The first kappa shape index (κ1) is 32.9. The molecule has 3 nitrogen and oxygen atoms in total. The van der Waals surface area contributed by atoms with Gasteiger partial charge in [0.25, 0.3) is 0 Å². The van der Waals surface area contributed by atoms with Crippen LogP contribution in [0.15, 0.2) is 212 Å². The van der Waals surface area contributed by atoms with Gasteiger partial charge in [0.15, 0.2) is 17.5 Å². The molecule has 0 saturated heterocycles. The van der Waals surface area contributed by atoms with Crippen LogP contribution in [0.25, 0.3) is 78.0 Å². The Morgan fingerprint density at radius 3 is 1.63 bits per heavy atom. The fourth-order valence-corrected chi connectivity index (χ4v) is 9.11. The van der Waals surface area contributed by atoms with Crippen LogP contribution in [0, 0.1) is 0 Å². The maximum absolute atomic E-state index is 5.52.